The molecule has 0 spiro atoms. The van der Waals surface area contributed by atoms with E-state index in [1.807, 2.05) is 60.7 Å². The molecule has 1 heterocycles. The van der Waals surface area contributed by atoms with E-state index in [1.54, 1.807) is 12.1 Å². The predicted molar refractivity (Wildman–Crippen MR) is 120 cm³/mol. The Hall–Kier alpha value is -3.03. The zero-order valence-electron chi connectivity index (χ0n) is 15.2. The van der Waals surface area contributed by atoms with Gasteiger partial charge in [-0.25, -0.2) is 4.98 Å². The number of amides is 1. The van der Waals surface area contributed by atoms with E-state index in [2.05, 4.69) is 31.5 Å². The minimum atomic E-state index is -0.249. The summed E-state index contributed by atoms with van der Waals surface area (Å²) in [5, 5.41) is 6.00. The molecule has 3 aromatic carbocycles. The van der Waals surface area contributed by atoms with Gasteiger partial charge >= 0.3 is 0 Å². The van der Waals surface area contributed by atoms with E-state index >= 15 is 0 Å². The van der Waals surface area contributed by atoms with Crippen molar-refractivity contribution in [3.05, 3.63) is 88.4 Å². The molecular weight excluding hydrogens is 450 g/mol. The molecule has 0 radical (unpaired) electrons. The zero-order chi connectivity index (χ0) is 20.2. The minimum Gasteiger partial charge on any atom is -0.436 e. The Kier molecular flexibility index (Phi) is 5.69. The van der Waals surface area contributed by atoms with Crippen LogP contribution in [0.15, 0.2) is 81.7 Å². The maximum Gasteiger partial charge on any atom is 0.257 e. The van der Waals surface area contributed by atoms with Crippen LogP contribution in [0.2, 0.25) is 0 Å². The molecule has 1 amide bonds. The maximum atomic E-state index is 12.2. The fourth-order valence-corrected chi connectivity index (χ4v) is 3.19. The topological polar surface area (TPSA) is 67.2 Å². The Morgan fingerprint density at radius 1 is 1.00 bits per heavy atom. The summed E-state index contributed by atoms with van der Waals surface area (Å²) >= 11 is 8.56. The smallest absolute Gasteiger partial charge is 0.257 e. The van der Waals surface area contributed by atoms with Gasteiger partial charge in [-0.2, -0.15) is 0 Å². The highest BCUT2D eigenvalue weighted by Gasteiger charge is 2.09. The second-order valence-electron chi connectivity index (χ2n) is 6.33. The molecule has 5 nitrogen and oxygen atoms in total. The van der Waals surface area contributed by atoms with Crippen LogP contribution in [0.25, 0.3) is 22.6 Å². The summed E-state index contributed by atoms with van der Waals surface area (Å²) in [7, 11) is 0. The summed E-state index contributed by atoms with van der Waals surface area (Å²) < 4.78 is 6.70. The normalized spacial score (nSPS) is 10.7. The highest BCUT2D eigenvalue weighted by Crippen LogP contribution is 2.24. The Balaban J connectivity index is 1.34. The van der Waals surface area contributed by atoms with Crippen molar-refractivity contribution in [2.45, 2.75) is 6.54 Å². The lowest BCUT2D eigenvalue weighted by Crippen LogP contribution is -2.38. The first-order chi connectivity index (χ1) is 14.1. The van der Waals surface area contributed by atoms with E-state index < -0.39 is 0 Å². The number of nitrogens with zero attached hydrogens (tertiary/aromatic N) is 1. The van der Waals surface area contributed by atoms with Crippen molar-refractivity contribution in [3.8, 4) is 11.5 Å². The monoisotopic (exact) mass is 465 g/mol. The standard InChI is InChI=1S/C22H16BrN3O2S/c23-17-11-9-15(10-12-17)20(27)26-22(29)24-13-14-5-7-16(8-6-14)21-25-18-3-1-2-4-19(18)28-21/h1-12H,13H2,(H2,24,26,27,29). The summed E-state index contributed by atoms with van der Waals surface area (Å²) in [6.45, 7) is 0.493. The third kappa shape index (κ3) is 4.70. The van der Waals surface area contributed by atoms with Crippen LogP contribution in [-0.2, 0) is 6.54 Å². The van der Waals surface area contributed by atoms with Gasteiger partial charge in [0.05, 0.1) is 0 Å². The number of benzene rings is 3. The second kappa shape index (κ2) is 8.55. The lowest BCUT2D eigenvalue weighted by atomic mass is 10.1. The third-order valence-corrected chi connectivity index (χ3v) is 5.06. The van der Waals surface area contributed by atoms with Crippen molar-refractivity contribution in [1.82, 2.24) is 15.6 Å². The molecule has 0 saturated heterocycles. The average molecular weight is 466 g/mol. The molecule has 0 aliphatic carbocycles. The van der Waals surface area contributed by atoms with Gasteiger partial charge in [0.1, 0.15) is 5.52 Å². The molecule has 0 atom stereocenters. The van der Waals surface area contributed by atoms with Crippen molar-refractivity contribution in [2.24, 2.45) is 0 Å². The van der Waals surface area contributed by atoms with Crippen LogP contribution in [0.3, 0.4) is 0 Å². The Labute approximate surface area is 181 Å². The van der Waals surface area contributed by atoms with Gasteiger partial charge in [-0.1, -0.05) is 40.2 Å². The van der Waals surface area contributed by atoms with Gasteiger partial charge < -0.3 is 9.73 Å². The van der Waals surface area contributed by atoms with Crippen LogP contribution in [0.1, 0.15) is 15.9 Å². The Morgan fingerprint density at radius 3 is 2.45 bits per heavy atom. The lowest BCUT2D eigenvalue weighted by molar-refractivity contribution is 0.0976. The van der Waals surface area contributed by atoms with Crippen molar-refractivity contribution in [1.29, 1.82) is 0 Å². The molecule has 1 aromatic heterocycles. The van der Waals surface area contributed by atoms with Crippen molar-refractivity contribution < 1.29 is 9.21 Å². The van der Waals surface area contributed by atoms with Crippen LogP contribution in [0, 0.1) is 0 Å². The largest absolute Gasteiger partial charge is 0.436 e. The predicted octanol–water partition coefficient (Wildman–Crippen LogP) is 5.06. The average Bonchev–Trinajstić information content (AvgIpc) is 3.17. The summed E-state index contributed by atoms with van der Waals surface area (Å²) in [6.07, 6.45) is 0. The molecule has 0 aliphatic rings. The van der Waals surface area contributed by atoms with Crippen LogP contribution >= 0.6 is 28.1 Å². The van der Waals surface area contributed by atoms with Crippen LogP contribution < -0.4 is 10.6 Å². The summed E-state index contributed by atoms with van der Waals surface area (Å²) in [5.74, 6) is 0.337. The highest BCUT2D eigenvalue weighted by molar-refractivity contribution is 9.10. The number of fused-ring (bicyclic) bond motifs is 1. The van der Waals surface area contributed by atoms with Crippen LogP contribution in [-0.4, -0.2) is 16.0 Å². The summed E-state index contributed by atoms with van der Waals surface area (Å²) in [6, 6.07) is 22.6. The van der Waals surface area contributed by atoms with E-state index in [9.17, 15) is 4.79 Å². The Morgan fingerprint density at radius 2 is 1.72 bits per heavy atom. The molecule has 0 fully saturated rings. The molecule has 7 heteroatoms. The number of hydrogen-bond acceptors (Lipinski definition) is 4. The van der Waals surface area contributed by atoms with Crippen LogP contribution in [0.4, 0.5) is 0 Å². The van der Waals surface area contributed by atoms with Gasteiger partial charge in [-0.15, -0.1) is 0 Å². The van der Waals surface area contributed by atoms with E-state index in [1.165, 1.54) is 0 Å². The lowest BCUT2D eigenvalue weighted by Gasteiger charge is -2.10. The fourth-order valence-electron chi connectivity index (χ4n) is 2.76. The van der Waals surface area contributed by atoms with Gasteiger partial charge in [-0.05, 0) is 66.3 Å². The number of carbonyl (C=O) groups is 1. The number of oxazole rings is 1. The number of rotatable bonds is 4. The number of thiocarbonyl (C=S) groups is 1. The highest BCUT2D eigenvalue weighted by atomic mass is 79.9. The first kappa shape index (κ1) is 19.3. The van der Waals surface area contributed by atoms with Crippen molar-refractivity contribution in [3.63, 3.8) is 0 Å². The quantitative estimate of drug-likeness (QED) is 0.412. The van der Waals surface area contributed by atoms with Crippen molar-refractivity contribution in [2.75, 3.05) is 0 Å². The molecule has 0 unspecified atom stereocenters. The summed E-state index contributed by atoms with van der Waals surface area (Å²) in [4.78, 5) is 16.7. The second-order valence-corrected chi connectivity index (χ2v) is 7.65. The van der Waals surface area contributed by atoms with Gasteiger partial charge in [0.15, 0.2) is 10.7 Å². The number of hydrogen-bond donors (Lipinski definition) is 2. The van der Waals surface area contributed by atoms with E-state index in [-0.39, 0.29) is 11.0 Å². The molecule has 2 N–H and O–H groups in total. The molecule has 29 heavy (non-hydrogen) atoms. The number of para-hydroxylation sites is 2. The molecule has 4 aromatic rings. The zero-order valence-corrected chi connectivity index (χ0v) is 17.6. The molecule has 0 bridgehead atoms. The van der Waals surface area contributed by atoms with Gasteiger partial charge in [0, 0.05) is 22.1 Å². The molecule has 144 valence electrons. The summed E-state index contributed by atoms with van der Waals surface area (Å²) in [5.41, 5.74) is 4.06. The van der Waals surface area contributed by atoms with E-state index in [0.717, 1.165) is 26.7 Å². The van der Waals surface area contributed by atoms with E-state index in [4.69, 9.17) is 16.6 Å². The molecule has 0 saturated carbocycles. The van der Waals surface area contributed by atoms with Crippen LogP contribution in [0.5, 0.6) is 0 Å². The molecule has 0 aliphatic heterocycles. The number of halogens is 1. The molecule has 4 rings (SSSR count). The number of aromatic nitrogens is 1. The van der Waals surface area contributed by atoms with Gasteiger partial charge in [0.2, 0.25) is 5.89 Å². The number of nitrogens with one attached hydrogen (secondary N) is 2. The first-order valence-corrected chi connectivity index (χ1v) is 10.1. The van der Waals surface area contributed by atoms with Gasteiger partial charge in [0.25, 0.3) is 5.91 Å². The number of carbonyl (C=O) groups excluding carboxylic acids is 1. The maximum absolute atomic E-state index is 12.2. The Bertz CT molecular complexity index is 1140. The van der Waals surface area contributed by atoms with E-state index in [0.29, 0.717) is 18.0 Å². The van der Waals surface area contributed by atoms with Crippen molar-refractivity contribution >= 4 is 50.3 Å². The molecular formula is C22H16BrN3O2S. The first-order valence-electron chi connectivity index (χ1n) is 8.88. The SMILES string of the molecule is O=C(NC(=S)NCc1ccc(-c2nc3ccccc3o2)cc1)c1ccc(Br)cc1. The third-order valence-electron chi connectivity index (χ3n) is 4.28. The minimum absolute atomic E-state index is 0.249. The van der Waals surface area contributed by atoms with Gasteiger partial charge in [-0.3, -0.25) is 10.1 Å². The fraction of sp³-hybridized carbons (Fsp3) is 0.0455.